The maximum absolute atomic E-state index is 6.23. The second-order valence-electron chi connectivity index (χ2n) is 7.59. The first kappa shape index (κ1) is 24.8. The maximum Gasteiger partial charge on any atom is 0.101 e. The van der Waals surface area contributed by atoms with E-state index >= 15 is 0 Å². The monoisotopic (exact) mass is 391 g/mol. The largest absolute Gasteiger partial charge is 0.382 e. The van der Waals surface area contributed by atoms with Gasteiger partial charge in [0.1, 0.15) is 12.2 Å². The Morgan fingerprint density at radius 2 is 0.963 bits per heavy atom. The lowest BCUT2D eigenvalue weighted by atomic mass is 9.95. The number of hydrogen-bond acceptors (Lipinski definition) is 7. The first-order chi connectivity index (χ1) is 13.0. The van der Waals surface area contributed by atoms with Gasteiger partial charge in [0.15, 0.2) is 0 Å². The van der Waals surface area contributed by atoms with Crippen LogP contribution < -0.4 is 5.32 Å². The first-order valence-electron chi connectivity index (χ1n) is 10.2. The van der Waals surface area contributed by atoms with Crippen molar-refractivity contribution in [3.05, 3.63) is 0 Å². The van der Waals surface area contributed by atoms with Crippen LogP contribution in [-0.2, 0) is 28.4 Å². The van der Waals surface area contributed by atoms with Crippen LogP contribution in [0.3, 0.4) is 0 Å². The van der Waals surface area contributed by atoms with Crippen LogP contribution >= 0.6 is 0 Å². The molecular weight excluding hydrogens is 350 g/mol. The van der Waals surface area contributed by atoms with Crippen LogP contribution in [0, 0.1) is 11.8 Å². The standard InChI is InChI=1S/C20H41NO6/c1-15(2)17-19(26-13-11-24-9-7-22-5)20(18(21-17)16(3)4)27-14-12-25-10-8-23-6/h15-21H,7-14H2,1-6H3/t17-,18-,19+,20+/m1/s1. The molecule has 1 heterocycles. The van der Waals surface area contributed by atoms with Crippen LogP contribution in [0.15, 0.2) is 0 Å². The van der Waals surface area contributed by atoms with E-state index in [9.17, 15) is 0 Å². The van der Waals surface area contributed by atoms with E-state index in [0.29, 0.717) is 64.7 Å². The Hall–Kier alpha value is -0.280. The van der Waals surface area contributed by atoms with Crippen molar-refractivity contribution in [1.29, 1.82) is 0 Å². The molecule has 0 spiro atoms. The van der Waals surface area contributed by atoms with Gasteiger partial charge in [0, 0.05) is 26.3 Å². The summed E-state index contributed by atoms with van der Waals surface area (Å²) in [5, 5.41) is 3.74. The third-order valence-electron chi connectivity index (χ3n) is 4.79. The van der Waals surface area contributed by atoms with Crippen LogP contribution in [-0.4, -0.2) is 91.4 Å². The number of nitrogens with one attached hydrogen (secondary N) is 1. The van der Waals surface area contributed by atoms with Gasteiger partial charge in [0.05, 0.1) is 52.9 Å². The normalized spacial score (nSPS) is 25.8. The van der Waals surface area contributed by atoms with Crippen LogP contribution in [0.4, 0.5) is 0 Å². The van der Waals surface area contributed by atoms with Gasteiger partial charge in [-0.3, -0.25) is 0 Å². The minimum absolute atomic E-state index is 0.00222. The van der Waals surface area contributed by atoms with Crippen LogP contribution in [0.5, 0.6) is 0 Å². The van der Waals surface area contributed by atoms with Crippen LogP contribution in [0.1, 0.15) is 27.7 Å². The lowest BCUT2D eigenvalue weighted by Crippen LogP contribution is -2.41. The summed E-state index contributed by atoms with van der Waals surface area (Å²) in [5.41, 5.74) is 0. The highest BCUT2D eigenvalue weighted by atomic mass is 16.6. The Labute approximate surface area is 165 Å². The molecule has 7 heteroatoms. The van der Waals surface area contributed by atoms with Crippen molar-refractivity contribution >= 4 is 0 Å². The molecule has 27 heavy (non-hydrogen) atoms. The van der Waals surface area contributed by atoms with Crippen molar-refractivity contribution in [3.63, 3.8) is 0 Å². The summed E-state index contributed by atoms with van der Waals surface area (Å²) >= 11 is 0. The molecule has 1 N–H and O–H groups in total. The van der Waals surface area contributed by atoms with Crippen molar-refractivity contribution in [2.75, 3.05) is 67.1 Å². The molecule has 0 aromatic rings. The summed E-state index contributed by atoms with van der Waals surface area (Å²) in [6.07, 6.45) is 0.00444. The lowest BCUT2D eigenvalue weighted by Gasteiger charge is -2.28. The van der Waals surface area contributed by atoms with Crippen molar-refractivity contribution in [2.45, 2.75) is 52.0 Å². The zero-order chi connectivity index (χ0) is 20.1. The molecule has 0 unspecified atom stereocenters. The fraction of sp³-hybridized carbons (Fsp3) is 1.00. The third-order valence-corrected chi connectivity index (χ3v) is 4.79. The van der Waals surface area contributed by atoms with E-state index in [-0.39, 0.29) is 24.3 Å². The van der Waals surface area contributed by atoms with Crippen LogP contribution in [0.2, 0.25) is 0 Å². The molecule has 1 fully saturated rings. The number of methoxy groups -OCH3 is 2. The molecule has 0 aromatic heterocycles. The van der Waals surface area contributed by atoms with Gasteiger partial charge in [-0.2, -0.15) is 0 Å². The highest BCUT2D eigenvalue weighted by molar-refractivity contribution is 5.02. The zero-order valence-corrected chi connectivity index (χ0v) is 18.1. The predicted octanol–water partition coefficient (Wildman–Crippen LogP) is 1.74. The molecule has 0 aromatic carbocycles. The summed E-state index contributed by atoms with van der Waals surface area (Å²) in [4.78, 5) is 0. The Balaban J connectivity index is 2.54. The van der Waals surface area contributed by atoms with E-state index in [1.807, 2.05) is 0 Å². The Morgan fingerprint density at radius 3 is 1.30 bits per heavy atom. The molecule has 1 saturated heterocycles. The van der Waals surface area contributed by atoms with E-state index in [4.69, 9.17) is 28.4 Å². The van der Waals surface area contributed by atoms with Gasteiger partial charge in [-0.25, -0.2) is 0 Å². The van der Waals surface area contributed by atoms with Gasteiger partial charge >= 0.3 is 0 Å². The predicted molar refractivity (Wildman–Crippen MR) is 105 cm³/mol. The summed E-state index contributed by atoms with van der Waals surface area (Å²) < 4.78 is 33.5. The minimum atomic E-state index is 0.00222. The number of rotatable bonds is 16. The van der Waals surface area contributed by atoms with Crippen molar-refractivity contribution in [1.82, 2.24) is 5.32 Å². The Kier molecular flexibility index (Phi) is 13.5. The Bertz CT molecular complexity index is 323. The molecule has 0 radical (unpaired) electrons. The molecule has 4 atom stereocenters. The molecule has 1 rings (SSSR count). The van der Waals surface area contributed by atoms with Crippen molar-refractivity contribution in [3.8, 4) is 0 Å². The van der Waals surface area contributed by atoms with Gasteiger partial charge in [0.2, 0.25) is 0 Å². The maximum atomic E-state index is 6.23. The summed E-state index contributed by atoms with van der Waals surface area (Å²) in [7, 11) is 3.34. The van der Waals surface area contributed by atoms with E-state index in [0.717, 1.165) is 0 Å². The first-order valence-corrected chi connectivity index (χ1v) is 10.2. The van der Waals surface area contributed by atoms with E-state index in [1.165, 1.54) is 0 Å². The SMILES string of the molecule is COCCOCCO[C@@H]1[C@@H](OCCOCCOC)[C@@H](C(C)C)N[C@@H]1C(C)C. The van der Waals surface area contributed by atoms with Crippen LogP contribution in [0.25, 0.3) is 0 Å². The second kappa shape index (κ2) is 14.7. The molecule has 0 aliphatic carbocycles. The molecule has 162 valence electrons. The molecule has 0 bridgehead atoms. The highest BCUT2D eigenvalue weighted by Crippen LogP contribution is 2.29. The molecule has 0 amide bonds. The third kappa shape index (κ3) is 9.17. The molecule has 0 saturated carbocycles. The van der Waals surface area contributed by atoms with Gasteiger partial charge in [-0.1, -0.05) is 27.7 Å². The molecule has 1 aliphatic rings. The van der Waals surface area contributed by atoms with E-state index in [1.54, 1.807) is 14.2 Å². The van der Waals surface area contributed by atoms with Gasteiger partial charge in [-0.05, 0) is 11.8 Å². The van der Waals surface area contributed by atoms with Gasteiger partial charge in [0.25, 0.3) is 0 Å². The van der Waals surface area contributed by atoms with Crippen molar-refractivity contribution in [2.24, 2.45) is 11.8 Å². The average Bonchev–Trinajstić information content (AvgIpc) is 3.00. The smallest absolute Gasteiger partial charge is 0.101 e. The second-order valence-corrected chi connectivity index (χ2v) is 7.59. The van der Waals surface area contributed by atoms with Gasteiger partial charge < -0.3 is 33.7 Å². The number of hydrogen-bond donors (Lipinski definition) is 1. The van der Waals surface area contributed by atoms with E-state index in [2.05, 4.69) is 33.0 Å². The summed E-state index contributed by atoms with van der Waals surface area (Å²) in [5.74, 6) is 0.912. The molecular formula is C20H41NO6. The summed E-state index contributed by atoms with van der Waals surface area (Å²) in [6, 6.07) is 0.520. The molecule has 7 nitrogen and oxygen atoms in total. The minimum Gasteiger partial charge on any atom is -0.382 e. The highest BCUT2D eigenvalue weighted by Gasteiger charge is 2.46. The van der Waals surface area contributed by atoms with Crippen molar-refractivity contribution < 1.29 is 28.4 Å². The fourth-order valence-corrected chi connectivity index (χ4v) is 3.34. The number of ether oxygens (including phenoxy) is 6. The van der Waals surface area contributed by atoms with Gasteiger partial charge in [-0.15, -0.1) is 0 Å². The quantitative estimate of drug-likeness (QED) is 0.402. The molecule has 1 aliphatic heterocycles. The topological polar surface area (TPSA) is 67.4 Å². The zero-order valence-electron chi connectivity index (χ0n) is 18.1. The Morgan fingerprint density at radius 1 is 0.593 bits per heavy atom. The fourth-order valence-electron chi connectivity index (χ4n) is 3.34. The average molecular weight is 392 g/mol. The lowest BCUT2D eigenvalue weighted by molar-refractivity contribution is -0.0954. The van der Waals surface area contributed by atoms with E-state index < -0.39 is 0 Å². The summed E-state index contributed by atoms with van der Waals surface area (Å²) in [6.45, 7) is 13.5.